The van der Waals surface area contributed by atoms with Crippen LogP contribution in [0.3, 0.4) is 0 Å². The van der Waals surface area contributed by atoms with Gasteiger partial charge >= 0.3 is 0 Å². The highest BCUT2D eigenvalue weighted by atomic mass is 35.5. The van der Waals surface area contributed by atoms with Gasteiger partial charge in [-0.15, -0.1) is 0 Å². The second kappa shape index (κ2) is 11.8. The number of anilines is 1. The smallest absolute Gasteiger partial charge is 0.247 e. The fourth-order valence-corrected chi connectivity index (χ4v) is 7.67. The number of aryl methyl sites for hydroxylation is 1. The summed E-state index contributed by atoms with van der Waals surface area (Å²) in [6, 6.07) is 20.9. The highest BCUT2D eigenvalue weighted by molar-refractivity contribution is 6.35. The predicted molar refractivity (Wildman–Crippen MR) is 169 cm³/mol. The normalized spacial score (nSPS) is 24.2. The average Bonchev–Trinajstić information content (AvgIpc) is 2.94. The third kappa shape index (κ3) is 5.92. The van der Waals surface area contributed by atoms with E-state index in [1.807, 2.05) is 30.3 Å². The number of nitrogens with one attached hydrogen (secondary N) is 2. The SMILES string of the molecule is CC(C)c1ccc2c(c1)CC[C@H]1[C@](C)(C(=O)N[C@H](Cc3ccccc3)C(=O)Nc3cc(Cl)ccc3Cl)CCC[C@]21C. The van der Waals surface area contributed by atoms with Gasteiger partial charge < -0.3 is 10.6 Å². The molecule has 41 heavy (non-hydrogen) atoms. The van der Waals surface area contributed by atoms with Crippen LogP contribution in [0.4, 0.5) is 5.69 Å². The Hall–Kier alpha value is -2.82. The summed E-state index contributed by atoms with van der Waals surface area (Å²) in [6.45, 7) is 8.94. The molecule has 1 saturated carbocycles. The number of carbonyl (C=O) groups is 2. The number of rotatable bonds is 7. The molecule has 0 heterocycles. The summed E-state index contributed by atoms with van der Waals surface area (Å²) in [5, 5.41) is 6.98. The van der Waals surface area contributed by atoms with Crippen LogP contribution in [0.1, 0.15) is 81.5 Å². The molecule has 4 nitrogen and oxygen atoms in total. The number of amides is 2. The molecule has 0 aliphatic heterocycles. The lowest BCUT2D eigenvalue weighted by atomic mass is 9.49. The number of benzene rings is 3. The van der Waals surface area contributed by atoms with Gasteiger partial charge in [0.15, 0.2) is 0 Å². The van der Waals surface area contributed by atoms with Gasteiger partial charge in [-0.1, -0.05) is 106 Å². The van der Waals surface area contributed by atoms with Crippen LogP contribution < -0.4 is 10.6 Å². The van der Waals surface area contributed by atoms with Crippen LogP contribution in [0.25, 0.3) is 0 Å². The Kier molecular flexibility index (Phi) is 8.55. The number of carbonyl (C=O) groups excluding carboxylic acids is 2. The van der Waals surface area contributed by atoms with Gasteiger partial charge in [0.25, 0.3) is 0 Å². The van der Waals surface area contributed by atoms with Gasteiger partial charge in [-0.05, 0) is 83.4 Å². The van der Waals surface area contributed by atoms with Crippen LogP contribution in [-0.4, -0.2) is 17.9 Å². The lowest BCUT2D eigenvalue weighted by Gasteiger charge is -2.54. The third-order valence-corrected chi connectivity index (χ3v) is 10.2. The minimum Gasteiger partial charge on any atom is -0.343 e. The van der Waals surface area contributed by atoms with E-state index in [9.17, 15) is 9.59 Å². The van der Waals surface area contributed by atoms with E-state index in [0.717, 1.165) is 37.7 Å². The average molecular weight is 592 g/mol. The molecule has 1 fully saturated rings. The van der Waals surface area contributed by atoms with E-state index in [1.165, 1.54) is 16.7 Å². The Balaban J connectivity index is 1.42. The van der Waals surface area contributed by atoms with Crippen LogP contribution in [0, 0.1) is 11.3 Å². The predicted octanol–water partition coefficient (Wildman–Crippen LogP) is 8.49. The van der Waals surface area contributed by atoms with Crippen LogP contribution in [0.5, 0.6) is 0 Å². The zero-order valence-corrected chi connectivity index (χ0v) is 25.9. The van der Waals surface area contributed by atoms with E-state index in [1.54, 1.807) is 18.2 Å². The van der Waals surface area contributed by atoms with Gasteiger partial charge in [-0.25, -0.2) is 0 Å². The van der Waals surface area contributed by atoms with Gasteiger partial charge in [-0.3, -0.25) is 9.59 Å². The summed E-state index contributed by atoms with van der Waals surface area (Å²) in [7, 11) is 0. The van der Waals surface area contributed by atoms with Crippen LogP contribution in [0.15, 0.2) is 66.7 Å². The molecule has 4 atom stereocenters. The molecule has 0 radical (unpaired) electrons. The maximum absolute atomic E-state index is 14.3. The van der Waals surface area contributed by atoms with Gasteiger partial charge in [0.1, 0.15) is 6.04 Å². The first-order chi connectivity index (χ1) is 19.5. The molecular weight excluding hydrogens is 551 g/mol. The van der Waals surface area contributed by atoms with Crippen molar-refractivity contribution < 1.29 is 9.59 Å². The van der Waals surface area contributed by atoms with Gasteiger partial charge in [0.05, 0.1) is 16.1 Å². The summed E-state index contributed by atoms with van der Waals surface area (Å²) < 4.78 is 0. The largest absolute Gasteiger partial charge is 0.343 e. The Morgan fingerprint density at radius 2 is 1.73 bits per heavy atom. The molecule has 0 saturated heterocycles. The molecule has 0 unspecified atom stereocenters. The first-order valence-corrected chi connectivity index (χ1v) is 15.5. The summed E-state index contributed by atoms with van der Waals surface area (Å²) in [5.74, 6) is 0.305. The fraction of sp³-hybridized carbons (Fsp3) is 0.429. The van der Waals surface area contributed by atoms with Crippen molar-refractivity contribution in [3.8, 4) is 0 Å². The molecule has 3 aromatic carbocycles. The quantitative estimate of drug-likeness (QED) is 0.290. The summed E-state index contributed by atoms with van der Waals surface area (Å²) in [4.78, 5) is 28.0. The lowest BCUT2D eigenvalue weighted by Crippen LogP contribution is -2.58. The third-order valence-electron chi connectivity index (χ3n) is 9.65. The lowest BCUT2D eigenvalue weighted by molar-refractivity contribution is -0.141. The standard InChI is InChI=1S/C35H40Cl2N2O2/c1-22(2)24-11-14-27-25(20-24)12-16-31-34(27,3)17-8-18-35(31,4)33(41)39-30(19-23-9-6-5-7-10-23)32(40)38-29-21-26(36)13-15-28(29)37/h5-7,9-11,13-15,20-22,30-31H,8,12,16-19H2,1-4H3,(H,38,40)(H,39,41)/t30-,31-,34-,35-/m1/s1. The maximum Gasteiger partial charge on any atom is 0.247 e. The second-order valence-electron chi connectivity index (χ2n) is 12.7. The van der Waals surface area contributed by atoms with Crippen molar-refractivity contribution >= 4 is 40.7 Å². The van der Waals surface area contributed by atoms with Crippen molar-refractivity contribution in [1.82, 2.24) is 5.32 Å². The maximum atomic E-state index is 14.3. The first-order valence-electron chi connectivity index (χ1n) is 14.8. The van der Waals surface area contributed by atoms with Crippen LogP contribution in [-0.2, 0) is 27.8 Å². The van der Waals surface area contributed by atoms with E-state index >= 15 is 0 Å². The van der Waals surface area contributed by atoms with E-state index in [4.69, 9.17) is 23.2 Å². The Bertz CT molecular complexity index is 1440. The Morgan fingerprint density at radius 1 is 0.976 bits per heavy atom. The topological polar surface area (TPSA) is 58.2 Å². The minimum absolute atomic E-state index is 0.0519. The molecule has 5 rings (SSSR count). The van der Waals surface area contributed by atoms with E-state index < -0.39 is 11.5 Å². The summed E-state index contributed by atoms with van der Waals surface area (Å²) >= 11 is 12.5. The van der Waals surface area contributed by atoms with Crippen molar-refractivity contribution in [1.29, 1.82) is 0 Å². The van der Waals surface area contributed by atoms with E-state index in [0.29, 0.717) is 28.1 Å². The Labute approximate surface area is 254 Å². The van der Waals surface area contributed by atoms with Gasteiger partial charge in [0.2, 0.25) is 11.8 Å². The van der Waals surface area contributed by atoms with E-state index in [-0.39, 0.29) is 23.1 Å². The van der Waals surface area contributed by atoms with Crippen molar-refractivity contribution in [3.05, 3.63) is 99.0 Å². The Morgan fingerprint density at radius 3 is 2.46 bits per heavy atom. The fourth-order valence-electron chi connectivity index (χ4n) is 7.34. The van der Waals surface area contributed by atoms with E-state index in [2.05, 4.69) is 56.5 Å². The molecule has 3 aromatic rings. The number of hydrogen-bond acceptors (Lipinski definition) is 2. The minimum atomic E-state index is -0.769. The van der Waals surface area contributed by atoms with Crippen molar-refractivity contribution in [2.24, 2.45) is 11.3 Å². The number of halogens is 2. The molecule has 2 amide bonds. The second-order valence-corrected chi connectivity index (χ2v) is 13.5. The number of hydrogen-bond donors (Lipinski definition) is 2. The summed E-state index contributed by atoms with van der Waals surface area (Å²) in [6.07, 6.45) is 5.14. The zero-order valence-electron chi connectivity index (χ0n) is 24.4. The number of fused-ring (bicyclic) bond motifs is 3. The first kappa shape index (κ1) is 29.7. The van der Waals surface area contributed by atoms with Crippen LogP contribution >= 0.6 is 23.2 Å². The molecule has 216 valence electrons. The van der Waals surface area contributed by atoms with Gasteiger partial charge in [-0.2, -0.15) is 0 Å². The molecule has 2 aliphatic rings. The molecule has 6 heteroatoms. The van der Waals surface area contributed by atoms with Crippen molar-refractivity contribution in [2.45, 2.75) is 83.6 Å². The molecule has 2 aliphatic carbocycles. The molecule has 0 bridgehead atoms. The van der Waals surface area contributed by atoms with Crippen molar-refractivity contribution in [3.63, 3.8) is 0 Å². The molecule has 0 aromatic heterocycles. The highest BCUT2D eigenvalue weighted by Gasteiger charge is 2.55. The molecule has 2 N–H and O–H groups in total. The van der Waals surface area contributed by atoms with Gasteiger partial charge in [0, 0.05) is 11.4 Å². The van der Waals surface area contributed by atoms with Crippen molar-refractivity contribution in [2.75, 3.05) is 5.32 Å². The molecule has 0 spiro atoms. The summed E-state index contributed by atoms with van der Waals surface area (Å²) in [5.41, 5.74) is 4.92. The zero-order chi connectivity index (χ0) is 29.4. The van der Waals surface area contributed by atoms with Crippen LogP contribution in [0.2, 0.25) is 10.0 Å². The monoisotopic (exact) mass is 590 g/mol. The molecular formula is C35H40Cl2N2O2. The highest BCUT2D eigenvalue weighted by Crippen LogP contribution is 2.57.